The highest BCUT2D eigenvalue weighted by Crippen LogP contribution is 2.30. The molecule has 100 valence electrons. The fourth-order valence-electron chi connectivity index (χ4n) is 2.00. The predicted molar refractivity (Wildman–Crippen MR) is 77.9 cm³/mol. The minimum atomic E-state index is 0.508. The van der Waals surface area contributed by atoms with E-state index >= 15 is 0 Å². The summed E-state index contributed by atoms with van der Waals surface area (Å²) in [4.78, 5) is 0. The normalized spacial score (nSPS) is 15.0. The first-order valence-electron chi connectivity index (χ1n) is 7.30. The predicted octanol–water partition coefficient (Wildman–Crippen LogP) is 6.30. The van der Waals surface area contributed by atoms with Crippen LogP contribution in [0.5, 0.6) is 0 Å². The molecule has 0 aromatic heterocycles. The van der Waals surface area contributed by atoms with E-state index in [0.29, 0.717) is 5.41 Å². The zero-order valence-corrected chi connectivity index (χ0v) is 13.2. The lowest BCUT2D eigenvalue weighted by atomic mass is 9.79. The van der Waals surface area contributed by atoms with Crippen LogP contribution in [0.2, 0.25) is 0 Å². The van der Waals surface area contributed by atoms with E-state index < -0.39 is 0 Å². The largest absolute Gasteiger partial charge is 0.0656 e. The van der Waals surface area contributed by atoms with Crippen molar-refractivity contribution >= 4 is 0 Å². The fourth-order valence-corrected chi connectivity index (χ4v) is 2.00. The molecule has 0 aliphatic heterocycles. The van der Waals surface area contributed by atoms with Gasteiger partial charge in [-0.15, -0.1) is 0 Å². The van der Waals surface area contributed by atoms with Gasteiger partial charge < -0.3 is 0 Å². The van der Waals surface area contributed by atoms with E-state index in [1.165, 1.54) is 32.1 Å². The van der Waals surface area contributed by atoms with Gasteiger partial charge in [0.15, 0.2) is 0 Å². The minimum Gasteiger partial charge on any atom is -0.0656 e. The smallest absolute Gasteiger partial charge is 0.0380 e. The van der Waals surface area contributed by atoms with Gasteiger partial charge in [-0.05, 0) is 30.1 Å². The maximum absolute atomic E-state index is 2.38. The summed E-state index contributed by atoms with van der Waals surface area (Å²) in [5.74, 6) is 1.85. The van der Waals surface area contributed by atoms with E-state index in [2.05, 4.69) is 55.4 Å². The highest BCUT2D eigenvalue weighted by atomic mass is 14.2. The molecule has 0 heteroatoms. The molecule has 0 aliphatic rings. The molecule has 0 heterocycles. The van der Waals surface area contributed by atoms with Gasteiger partial charge in [0, 0.05) is 0 Å². The zero-order chi connectivity index (χ0) is 13.2. The van der Waals surface area contributed by atoms with Crippen molar-refractivity contribution in [1.29, 1.82) is 0 Å². The lowest BCUT2D eigenvalue weighted by Gasteiger charge is -2.26. The van der Waals surface area contributed by atoms with Gasteiger partial charge in [0.05, 0.1) is 0 Å². The number of hydrogen-bond donors (Lipinski definition) is 0. The maximum atomic E-state index is 2.38. The van der Waals surface area contributed by atoms with Crippen molar-refractivity contribution in [3.63, 3.8) is 0 Å². The SMILES string of the molecule is CCC.CCC(C)CC(CC)CC(C)(C)C. The Morgan fingerprint density at radius 2 is 1.31 bits per heavy atom. The Hall–Kier alpha value is 0. The van der Waals surface area contributed by atoms with Crippen LogP contribution in [0.25, 0.3) is 0 Å². The summed E-state index contributed by atoms with van der Waals surface area (Å²) in [7, 11) is 0. The van der Waals surface area contributed by atoms with Crippen LogP contribution >= 0.6 is 0 Å². The summed E-state index contributed by atoms with van der Waals surface area (Å²) < 4.78 is 0. The van der Waals surface area contributed by atoms with Crippen LogP contribution in [0.3, 0.4) is 0 Å². The summed E-state index contributed by atoms with van der Waals surface area (Å²) in [5, 5.41) is 0. The second-order valence-corrected chi connectivity index (χ2v) is 6.50. The van der Waals surface area contributed by atoms with E-state index in [1.807, 2.05) is 0 Å². The molecule has 0 aromatic carbocycles. The minimum absolute atomic E-state index is 0.508. The molecule has 16 heavy (non-hydrogen) atoms. The molecule has 0 spiro atoms. The molecule has 0 fully saturated rings. The van der Waals surface area contributed by atoms with Gasteiger partial charge in [-0.1, -0.05) is 74.7 Å². The molecule has 0 saturated carbocycles. The van der Waals surface area contributed by atoms with E-state index in [-0.39, 0.29) is 0 Å². The first-order valence-corrected chi connectivity index (χ1v) is 7.30. The van der Waals surface area contributed by atoms with Crippen LogP contribution < -0.4 is 0 Å². The average Bonchev–Trinajstić information content (AvgIpc) is 2.15. The van der Waals surface area contributed by atoms with Crippen molar-refractivity contribution in [2.24, 2.45) is 17.3 Å². The standard InChI is InChI=1S/C13H28.C3H8/c1-7-11(3)9-12(8-2)10-13(4,5)6;1-3-2/h11-12H,7-10H2,1-6H3;3H2,1-2H3. The van der Waals surface area contributed by atoms with Crippen molar-refractivity contribution in [1.82, 2.24) is 0 Å². The van der Waals surface area contributed by atoms with Crippen LogP contribution in [-0.4, -0.2) is 0 Å². The molecule has 0 rings (SSSR count). The fraction of sp³-hybridized carbons (Fsp3) is 1.00. The summed E-state index contributed by atoms with van der Waals surface area (Å²) >= 11 is 0. The quantitative estimate of drug-likeness (QED) is 0.518. The Morgan fingerprint density at radius 1 is 0.875 bits per heavy atom. The molecular weight excluding hydrogens is 192 g/mol. The molecule has 2 unspecified atom stereocenters. The second kappa shape index (κ2) is 10.2. The molecular formula is C16H36. The van der Waals surface area contributed by atoms with Gasteiger partial charge >= 0.3 is 0 Å². The van der Waals surface area contributed by atoms with Gasteiger partial charge in [0.2, 0.25) is 0 Å². The summed E-state index contributed by atoms with van der Waals surface area (Å²) in [5.41, 5.74) is 0.508. The summed E-state index contributed by atoms with van der Waals surface area (Å²) in [6.07, 6.45) is 6.74. The monoisotopic (exact) mass is 228 g/mol. The van der Waals surface area contributed by atoms with Gasteiger partial charge in [-0.25, -0.2) is 0 Å². The summed E-state index contributed by atoms with van der Waals surface area (Å²) in [6.45, 7) is 18.3. The highest BCUT2D eigenvalue weighted by molar-refractivity contribution is 4.70. The Labute approximate surface area is 105 Å². The van der Waals surface area contributed by atoms with E-state index in [1.54, 1.807) is 0 Å². The van der Waals surface area contributed by atoms with Gasteiger partial charge in [-0.3, -0.25) is 0 Å². The molecule has 0 radical (unpaired) electrons. The van der Waals surface area contributed by atoms with Gasteiger partial charge in [-0.2, -0.15) is 0 Å². The topological polar surface area (TPSA) is 0 Å². The lowest BCUT2D eigenvalue weighted by molar-refractivity contribution is 0.250. The molecule has 0 aliphatic carbocycles. The molecule has 0 N–H and O–H groups in total. The van der Waals surface area contributed by atoms with Gasteiger partial charge in [0.25, 0.3) is 0 Å². The third-order valence-corrected chi connectivity index (χ3v) is 2.91. The van der Waals surface area contributed by atoms with Crippen molar-refractivity contribution < 1.29 is 0 Å². The van der Waals surface area contributed by atoms with Crippen molar-refractivity contribution in [3.8, 4) is 0 Å². The molecule has 2 atom stereocenters. The van der Waals surface area contributed by atoms with Crippen molar-refractivity contribution in [3.05, 3.63) is 0 Å². The average molecular weight is 228 g/mol. The lowest BCUT2D eigenvalue weighted by Crippen LogP contribution is -2.15. The van der Waals surface area contributed by atoms with E-state index in [9.17, 15) is 0 Å². The molecule has 0 nitrogen and oxygen atoms in total. The van der Waals surface area contributed by atoms with Crippen LogP contribution in [0.4, 0.5) is 0 Å². The Bertz CT molecular complexity index is 129. The van der Waals surface area contributed by atoms with Crippen molar-refractivity contribution in [2.45, 2.75) is 87.5 Å². The van der Waals surface area contributed by atoms with Gasteiger partial charge in [0.1, 0.15) is 0 Å². The molecule has 0 bridgehead atoms. The van der Waals surface area contributed by atoms with Crippen LogP contribution in [0.1, 0.15) is 87.5 Å². The first kappa shape index (κ1) is 18.4. The van der Waals surface area contributed by atoms with Crippen LogP contribution in [0, 0.1) is 17.3 Å². The Balaban J connectivity index is 0. The number of rotatable bonds is 5. The Kier molecular flexibility index (Phi) is 11.7. The molecule has 0 saturated heterocycles. The maximum Gasteiger partial charge on any atom is -0.0380 e. The van der Waals surface area contributed by atoms with E-state index in [0.717, 1.165) is 11.8 Å². The Morgan fingerprint density at radius 3 is 1.56 bits per heavy atom. The first-order chi connectivity index (χ1) is 7.30. The summed E-state index contributed by atoms with van der Waals surface area (Å²) in [6, 6.07) is 0. The zero-order valence-electron chi connectivity index (χ0n) is 13.2. The number of hydrogen-bond acceptors (Lipinski definition) is 0. The van der Waals surface area contributed by atoms with Crippen molar-refractivity contribution in [2.75, 3.05) is 0 Å². The third kappa shape index (κ3) is 14.0. The second-order valence-electron chi connectivity index (χ2n) is 6.50. The highest BCUT2D eigenvalue weighted by Gasteiger charge is 2.18. The third-order valence-electron chi connectivity index (χ3n) is 2.91. The molecule has 0 aromatic rings. The molecule has 0 amide bonds. The van der Waals surface area contributed by atoms with E-state index in [4.69, 9.17) is 0 Å². The van der Waals surface area contributed by atoms with Crippen LogP contribution in [0.15, 0.2) is 0 Å². The van der Waals surface area contributed by atoms with Crippen LogP contribution in [-0.2, 0) is 0 Å².